The standard InChI is InChI=1S/C26H20ClF2N3O2.H2S/c27-21-6-5-18-11-17(1-3-19(18)12-21)2-4-20-15-31-10-9-23(20)24(33)7-8-25(34)32-16-26(28,29)13-22(32)14-30;/h1-6,9-12,15,22H,7-8,13,16H2;1H2/b4-2+;/t22-;/m0./s1. The summed E-state index contributed by atoms with van der Waals surface area (Å²) in [4.78, 5) is 30.2. The van der Waals surface area contributed by atoms with Crippen molar-refractivity contribution in [1.82, 2.24) is 9.88 Å². The molecule has 0 radical (unpaired) electrons. The van der Waals surface area contributed by atoms with Gasteiger partial charge in [0.2, 0.25) is 5.91 Å². The fourth-order valence-electron chi connectivity index (χ4n) is 4.01. The van der Waals surface area contributed by atoms with Crippen LogP contribution in [-0.2, 0) is 4.79 Å². The smallest absolute Gasteiger partial charge is 0.268 e. The van der Waals surface area contributed by atoms with Crippen molar-refractivity contribution < 1.29 is 18.4 Å². The number of fused-ring (bicyclic) bond motifs is 1. The second kappa shape index (κ2) is 11.0. The highest BCUT2D eigenvalue weighted by Gasteiger charge is 2.47. The van der Waals surface area contributed by atoms with Crippen molar-refractivity contribution in [2.45, 2.75) is 31.2 Å². The Balaban J connectivity index is 0.00000342. The van der Waals surface area contributed by atoms with Gasteiger partial charge in [-0.15, -0.1) is 0 Å². The normalized spacial score (nSPS) is 16.7. The molecular weight excluding hydrogens is 492 g/mol. The van der Waals surface area contributed by atoms with Crippen molar-refractivity contribution in [2.24, 2.45) is 0 Å². The maximum absolute atomic E-state index is 13.6. The number of benzene rings is 2. The van der Waals surface area contributed by atoms with Crippen LogP contribution in [0, 0.1) is 11.3 Å². The van der Waals surface area contributed by atoms with Crippen molar-refractivity contribution in [1.29, 1.82) is 5.26 Å². The summed E-state index contributed by atoms with van der Waals surface area (Å²) in [7, 11) is 0. The Labute approximate surface area is 213 Å². The number of carbonyl (C=O) groups excluding carboxylic acids is 2. The number of alkyl halides is 2. The zero-order valence-electron chi connectivity index (χ0n) is 18.5. The summed E-state index contributed by atoms with van der Waals surface area (Å²) >= 11 is 6.03. The van der Waals surface area contributed by atoms with Gasteiger partial charge in [0.15, 0.2) is 5.78 Å². The first-order valence-corrected chi connectivity index (χ1v) is 11.0. The molecule has 1 amide bonds. The first-order valence-electron chi connectivity index (χ1n) is 10.7. The van der Waals surface area contributed by atoms with E-state index in [9.17, 15) is 18.4 Å². The van der Waals surface area contributed by atoms with E-state index in [0.29, 0.717) is 16.1 Å². The van der Waals surface area contributed by atoms with Crippen molar-refractivity contribution >= 4 is 59.7 Å². The first kappa shape index (κ1) is 26.3. The van der Waals surface area contributed by atoms with Gasteiger partial charge in [-0.2, -0.15) is 18.8 Å². The second-order valence-corrected chi connectivity index (χ2v) is 8.63. The van der Waals surface area contributed by atoms with Crippen molar-refractivity contribution in [2.75, 3.05) is 6.54 Å². The van der Waals surface area contributed by atoms with Crippen LogP contribution in [0.4, 0.5) is 8.78 Å². The fourth-order valence-corrected chi connectivity index (χ4v) is 4.19. The van der Waals surface area contributed by atoms with Gasteiger partial charge in [0, 0.05) is 47.8 Å². The molecule has 0 spiro atoms. The van der Waals surface area contributed by atoms with Crippen LogP contribution in [0.5, 0.6) is 0 Å². The SMILES string of the molecule is N#C[C@@H]1CC(F)(F)CN1C(=O)CCC(=O)c1ccncc1/C=C/c1ccc2cc(Cl)ccc2c1.S. The Morgan fingerprint density at radius 2 is 1.89 bits per heavy atom. The molecule has 0 aliphatic carbocycles. The number of pyridine rings is 1. The average molecular weight is 514 g/mol. The summed E-state index contributed by atoms with van der Waals surface area (Å²) in [5.74, 6) is -4.01. The number of halogens is 3. The van der Waals surface area contributed by atoms with Crippen LogP contribution in [-0.4, -0.2) is 40.1 Å². The number of hydrogen-bond donors (Lipinski definition) is 0. The molecule has 9 heteroatoms. The van der Waals surface area contributed by atoms with E-state index in [4.69, 9.17) is 16.9 Å². The Morgan fingerprint density at radius 3 is 2.66 bits per heavy atom. The molecule has 1 fully saturated rings. The van der Waals surface area contributed by atoms with Crippen molar-refractivity contribution in [3.8, 4) is 6.07 Å². The molecule has 0 unspecified atom stereocenters. The van der Waals surface area contributed by atoms with Crippen LogP contribution in [0.2, 0.25) is 5.02 Å². The van der Waals surface area contributed by atoms with E-state index in [-0.39, 0.29) is 32.1 Å². The monoisotopic (exact) mass is 513 g/mol. The summed E-state index contributed by atoms with van der Waals surface area (Å²) in [6.45, 7) is -0.792. The minimum atomic E-state index is -3.09. The topological polar surface area (TPSA) is 74.1 Å². The number of amides is 1. The highest BCUT2D eigenvalue weighted by Crippen LogP contribution is 2.32. The lowest BCUT2D eigenvalue weighted by molar-refractivity contribution is -0.132. The number of nitriles is 1. The number of Topliss-reactive ketones (excluding diaryl/α,β-unsaturated/α-hetero) is 1. The molecular formula is C26H22ClF2N3O2S. The summed E-state index contributed by atoms with van der Waals surface area (Å²) in [6.07, 6.45) is 5.59. The van der Waals surface area contributed by atoms with Crippen LogP contribution in [0.3, 0.4) is 0 Å². The zero-order chi connectivity index (χ0) is 24.3. The third-order valence-electron chi connectivity index (χ3n) is 5.74. The number of likely N-dealkylation sites (tertiary alicyclic amines) is 1. The minimum absolute atomic E-state index is 0. The Kier molecular flexibility index (Phi) is 8.26. The molecule has 2 aromatic carbocycles. The Hall–Kier alpha value is -3.28. The maximum atomic E-state index is 13.6. The number of ketones is 1. The van der Waals surface area contributed by atoms with Crippen molar-refractivity contribution in [3.63, 3.8) is 0 Å². The molecule has 0 N–H and O–H groups in total. The quantitative estimate of drug-likeness (QED) is 0.385. The molecule has 0 bridgehead atoms. The van der Waals surface area contributed by atoms with Crippen LogP contribution >= 0.6 is 25.1 Å². The molecule has 4 rings (SSSR count). The Morgan fingerprint density at radius 1 is 1.14 bits per heavy atom. The van der Waals surface area contributed by atoms with Gasteiger partial charge < -0.3 is 4.90 Å². The highest BCUT2D eigenvalue weighted by atomic mass is 35.5. The molecule has 1 atom stereocenters. The summed E-state index contributed by atoms with van der Waals surface area (Å²) in [5, 5.41) is 11.8. The van der Waals surface area contributed by atoms with Gasteiger partial charge in [0.1, 0.15) is 6.04 Å². The van der Waals surface area contributed by atoms with Crippen molar-refractivity contribution in [3.05, 3.63) is 76.6 Å². The van der Waals surface area contributed by atoms with E-state index < -0.39 is 30.8 Å². The molecule has 35 heavy (non-hydrogen) atoms. The molecule has 3 aromatic rings. The largest absolute Gasteiger partial charge is 0.320 e. The number of nitrogens with zero attached hydrogens (tertiary/aromatic N) is 3. The predicted octanol–water partition coefficient (Wildman–Crippen LogP) is 5.89. The van der Waals surface area contributed by atoms with Gasteiger partial charge in [-0.1, -0.05) is 42.0 Å². The van der Waals surface area contributed by atoms with E-state index in [1.165, 1.54) is 6.20 Å². The zero-order valence-corrected chi connectivity index (χ0v) is 20.3. The van der Waals surface area contributed by atoms with Gasteiger partial charge in [-0.25, -0.2) is 8.78 Å². The van der Waals surface area contributed by atoms with E-state index >= 15 is 0 Å². The van der Waals surface area contributed by atoms with Crippen LogP contribution in [0.15, 0.2) is 54.9 Å². The summed E-state index contributed by atoms with van der Waals surface area (Å²) < 4.78 is 27.2. The molecule has 2 heterocycles. The van der Waals surface area contributed by atoms with E-state index in [2.05, 4.69) is 4.98 Å². The van der Waals surface area contributed by atoms with Gasteiger partial charge in [0.05, 0.1) is 12.6 Å². The van der Waals surface area contributed by atoms with Crippen LogP contribution in [0.1, 0.15) is 40.7 Å². The lowest BCUT2D eigenvalue weighted by Gasteiger charge is -2.18. The van der Waals surface area contributed by atoms with Gasteiger partial charge >= 0.3 is 0 Å². The molecule has 1 aliphatic rings. The number of rotatable bonds is 6. The van der Waals surface area contributed by atoms with Gasteiger partial charge in [0.25, 0.3) is 5.92 Å². The molecule has 1 aromatic heterocycles. The van der Waals surface area contributed by atoms with E-state index in [1.807, 2.05) is 42.5 Å². The molecule has 0 saturated carbocycles. The first-order chi connectivity index (χ1) is 16.3. The lowest BCUT2D eigenvalue weighted by Crippen LogP contribution is -2.36. The van der Waals surface area contributed by atoms with Crippen LogP contribution in [0.25, 0.3) is 22.9 Å². The molecule has 5 nitrogen and oxygen atoms in total. The number of carbonyl (C=O) groups is 2. The maximum Gasteiger partial charge on any atom is 0.268 e. The summed E-state index contributed by atoms with van der Waals surface area (Å²) in [5.41, 5.74) is 1.89. The highest BCUT2D eigenvalue weighted by molar-refractivity contribution is 7.59. The number of aromatic nitrogens is 1. The molecule has 180 valence electrons. The molecule has 1 aliphatic heterocycles. The number of hydrogen-bond acceptors (Lipinski definition) is 4. The summed E-state index contributed by atoms with van der Waals surface area (Å²) in [6, 6.07) is 13.7. The lowest BCUT2D eigenvalue weighted by atomic mass is 10.0. The van der Waals surface area contributed by atoms with Crippen LogP contribution < -0.4 is 0 Å². The van der Waals surface area contributed by atoms with E-state index in [1.54, 1.807) is 24.4 Å². The van der Waals surface area contributed by atoms with Gasteiger partial charge in [-0.05, 0) is 40.6 Å². The van der Waals surface area contributed by atoms with Gasteiger partial charge in [-0.3, -0.25) is 14.6 Å². The third-order valence-corrected chi connectivity index (χ3v) is 5.97. The average Bonchev–Trinajstić information content (AvgIpc) is 3.15. The fraction of sp³-hybridized carbons (Fsp3) is 0.231. The second-order valence-electron chi connectivity index (χ2n) is 8.20. The molecule has 1 saturated heterocycles. The third kappa shape index (κ3) is 6.24. The Bertz CT molecular complexity index is 1340. The predicted molar refractivity (Wildman–Crippen MR) is 137 cm³/mol. The van der Waals surface area contributed by atoms with E-state index in [0.717, 1.165) is 21.2 Å². The minimum Gasteiger partial charge on any atom is -0.320 e.